The SMILES string of the molecule is Cc1sc2nc[nH]c(=O)c2c1-c1cccc(Cl)c1. The van der Waals surface area contributed by atoms with Crippen LogP contribution >= 0.6 is 22.9 Å². The molecular weight excluding hydrogens is 268 g/mol. The van der Waals surface area contributed by atoms with Gasteiger partial charge in [-0.15, -0.1) is 11.3 Å². The molecule has 3 rings (SSSR count). The van der Waals surface area contributed by atoms with Crippen molar-refractivity contribution < 1.29 is 0 Å². The number of aromatic amines is 1. The summed E-state index contributed by atoms with van der Waals surface area (Å²) in [6.45, 7) is 1.99. The summed E-state index contributed by atoms with van der Waals surface area (Å²) in [6.07, 6.45) is 1.43. The quantitative estimate of drug-likeness (QED) is 0.738. The number of H-pyrrole nitrogens is 1. The number of halogens is 1. The van der Waals surface area contributed by atoms with Crippen LogP contribution < -0.4 is 5.56 Å². The Bertz CT molecular complexity index is 791. The monoisotopic (exact) mass is 276 g/mol. The van der Waals surface area contributed by atoms with Gasteiger partial charge in [0, 0.05) is 15.5 Å². The predicted molar refractivity (Wildman–Crippen MR) is 75.4 cm³/mol. The summed E-state index contributed by atoms with van der Waals surface area (Å²) in [6, 6.07) is 7.51. The van der Waals surface area contributed by atoms with Gasteiger partial charge < -0.3 is 4.98 Å². The fraction of sp³-hybridized carbons (Fsp3) is 0.0769. The summed E-state index contributed by atoms with van der Waals surface area (Å²) in [5.74, 6) is 0. The molecule has 90 valence electrons. The molecule has 3 nitrogen and oxygen atoms in total. The fourth-order valence-electron chi connectivity index (χ4n) is 2.04. The molecule has 0 radical (unpaired) electrons. The minimum Gasteiger partial charge on any atom is -0.313 e. The molecule has 5 heteroatoms. The highest BCUT2D eigenvalue weighted by Crippen LogP contribution is 2.35. The van der Waals surface area contributed by atoms with Crippen LogP contribution in [0.2, 0.25) is 5.02 Å². The van der Waals surface area contributed by atoms with Crippen molar-refractivity contribution in [3.8, 4) is 11.1 Å². The summed E-state index contributed by atoms with van der Waals surface area (Å²) in [4.78, 5) is 20.6. The molecule has 0 fully saturated rings. The highest BCUT2D eigenvalue weighted by atomic mass is 35.5. The van der Waals surface area contributed by atoms with Gasteiger partial charge in [-0.1, -0.05) is 23.7 Å². The molecule has 0 aliphatic rings. The lowest BCUT2D eigenvalue weighted by Gasteiger charge is -2.01. The lowest BCUT2D eigenvalue weighted by Crippen LogP contribution is -2.05. The van der Waals surface area contributed by atoms with Crippen LogP contribution in [-0.2, 0) is 0 Å². The molecular formula is C13H9ClN2OS. The number of hydrogen-bond acceptors (Lipinski definition) is 3. The molecule has 2 aromatic heterocycles. The Kier molecular flexibility index (Phi) is 2.69. The van der Waals surface area contributed by atoms with E-state index in [1.807, 2.05) is 31.2 Å². The van der Waals surface area contributed by atoms with E-state index in [4.69, 9.17) is 11.6 Å². The first-order chi connectivity index (χ1) is 8.66. The highest BCUT2D eigenvalue weighted by molar-refractivity contribution is 7.19. The standard InChI is InChI=1S/C13H9ClN2OS/c1-7-10(8-3-2-4-9(14)5-8)11-12(17)15-6-16-13(11)18-7/h2-6H,1H3,(H,15,16,17). The second kappa shape index (κ2) is 4.23. The van der Waals surface area contributed by atoms with Crippen molar-refractivity contribution in [3.63, 3.8) is 0 Å². The average Bonchev–Trinajstić information content (AvgIpc) is 2.67. The van der Waals surface area contributed by atoms with Crippen LogP contribution in [0.1, 0.15) is 4.88 Å². The van der Waals surface area contributed by atoms with Gasteiger partial charge in [-0.3, -0.25) is 4.79 Å². The first-order valence-corrected chi connectivity index (χ1v) is 6.59. The van der Waals surface area contributed by atoms with E-state index in [2.05, 4.69) is 9.97 Å². The van der Waals surface area contributed by atoms with Crippen molar-refractivity contribution in [1.29, 1.82) is 0 Å². The topological polar surface area (TPSA) is 45.8 Å². The maximum absolute atomic E-state index is 11.9. The number of benzene rings is 1. The van der Waals surface area contributed by atoms with Gasteiger partial charge in [-0.05, 0) is 24.6 Å². The molecule has 18 heavy (non-hydrogen) atoms. The summed E-state index contributed by atoms with van der Waals surface area (Å²) in [5, 5.41) is 1.30. The van der Waals surface area contributed by atoms with E-state index in [0.717, 1.165) is 20.8 Å². The molecule has 0 amide bonds. The summed E-state index contributed by atoms with van der Waals surface area (Å²) in [5.41, 5.74) is 1.76. The normalized spacial score (nSPS) is 11.0. The molecule has 0 bridgehead atoms. The van der Waals surface area contributed by atoms with Crippen LogP contribution in [0, 0.1) is 6.92 Å². The Morgan fingerprint density at radius 2 is 2.22 bits per heavy atom. The Hall–Kier alpha value is -1.65. The van der Waals surface area contributed by atoms with Crippen LogP contribution in [0.5, 0.6) is 0 Å². The van der Waals surface area contributed by atoms with Gasteiger partial charge in [0.25, 0.3) is 5.56 Å². The summed E-state index contributed by atoms with van der Waals surface area (Å²) >= 11 is 7.53. The van der Waals surface area contributed by atoms with Crippen LogP contribution in [-0.4, -0.2) is 9.97 Å². The van der Waals surface area contributed by atoms with Gasteiger partial charge in [-0.25, -0.2) is 4.98 Å². The number of aryl methyl sites for hydroxylation is 1. The first kappa shape index (κ1) is 11.4. The zero-order valence-electron chi connectivity index (χ0n) is 9.53. The fourth-order valence-corrected chi connectivity index (χ4v) is 3.25. The summed E-state index contributed by atoms with van der Waals surface area (Å²) < 4.78 is 0. The Labute approximate surface area is 112 Å². The number of nitrogens with zero attached hydrogens (tertiary/aromatic N) is 1. The Morgan fingerprint density at radius 3 is 3.00 bits per heavy atom. The van der Waals surface area contributed by atoms with Crippen molar-refractivity contribution in [3.05, 3.63) is 50.8 Å². The van der Waals surface area contributed by atoms with Crippen molar-refractivity contribution in [2.45, 2.75) is 6.92 Å². The van der Waals surface area contributed by atoms with Crippen LogP contribution in [0.25, 0.3) is 21.3 Å². The average molecular weight is 277 g/mol. The molecule has 0 unspecified atom stereocenters. The lowest BCUT2D eigenvalue weighted by molar-refractivity contribution is 1.18. The smallest absolute Gasteiger partial charge is 0.260 e. The summed E-state index contributed by atoms with van der Waals surface area (Å²) in [7, 11) is 0. The molecule has 1 aromatic carbocycles. The van der Waals surface area contributed by atoms with Crippen molar-refractivity contribution in [2.75, 3.05) is 0 Å². The Morgan fingerprint density at radius 1 is 1.39 bits per heavy atom. The van der Waals surface area contributed by atoms with Crippen LogP contribution in [0.3, 0.4) is 0 Å². The number of aromatic nitrogens is 2. The molecule has 0 spiro atoms. The maximum atomic E-state index is 11.9. The van der Waals surface area contributed by atoms with Gasteiger partial charge in [0.2, 0.25) is 0 Å². The van der Waals surface area contributed by atoms with Crippen LogP contribution in [0.4, 0.5) is 0 Å². The molecule has 0 saturated heterocycles. The van der Waals surface area contributed by atoms with Gasteiger partial charge in [0.15, 0.2) is 0 Å². The molecule has 0 aliphatic carbocycles. The van der Waals surface area contributed by atoms with Gasteiger partial charge in [-0.2, -0.15) is 0 Å². The van der Waals surface area contributed by atoms with E-state index >= 15 is 0 Å². The number of fused-ring (bicyclic) bond motifs is 1. The van der Waals surface area contributed by atoms with Crippen LogP contribution in [0.15, 0.2) is 35.4 Å². The Balaban J connectivity index is 2.42. The van der Waals surface area contributed by atoms with E-state index < -0.39 is 0 Å². The number of hydrogen-bond donors (Lipinski definition) is 1. The third-order valence-electron chi connectivity index (χ3n) is 2.78. The van der Waals surface area contributed by atoms with Crippen molar-refractivity contribution in [1.82, 2.24) is 9.97 Å². The number of rotatable bonds is 1. The maximum Gasteiger partial charge on any atom is 0.260 e. The molecule has 0 atom stereocenters. The van der Waals surface area contributed by atoms with E-state index in [0.29, 0.717) is 10.4 Å². The molecule has 0 aliphatic heterocycles. The lowest BCUT2D eigenvalue weighted by atomic mass is 10.0. The molecule has 1 N–H and O–H groups in total. The largest absolute Gasteiger partial charge is 0.313 e. The zero-order chi connectivity index (χ0) is 12.7. The third kappa shape index (κ3) is 1.74. The second-order valence-electron chi connectivity index (χ2n) is 3.96. The molecule has 0 saturated carbocycles. The van der Waals surface area contributed by atoms with Crippen molar-refractivity contribution in [2.24, 2.45) is 0 Å². The minimum absolute atomic E-state index is 0.112. The number of nitrogens with one attached hydrogen (secondary N) is 1. The minimum atomic E-state index is -0.112. The van der Waals surface area contributed by atoms with Gasteiger partial charge >= 0.3 is 0 Å². The predicted octanol–water partition coefficient (Wildman–Crippen LogP) is 3.61. The number of thiophene rings is 1. The molecule has 3 aromatic rings. The molecule has 2 heterocycles. The van der Waals surface area contributed by atoms with E-state index in [-0.39, 0.29) is 5.56 Å². The van der Waals surface area contributed by atoms with Gasteiger partial charge in [0.1, 0.15) is 4.83 Å². The zero-order valence-corrected chi connectivity index (χ0v) is 11.1. The second-order valence-corrected chi connectivity index (χ2v) is 5.60. The van der Waals surface area contributed by atoms with E-state index in [1.165, 1.54) is 17.7 Å². The first-order valence-electron chi connectivity index (χ1n) is 5.39. The van der Waals surface area contributed by atoms with E-state index in [1.54, 1.807) is 0 Å². The third-order valence-corrected chi connectivity index (χ3v) is 4.03. The van der Waals surface area contributed by atoms with Gasteiger partial charge in [0.05, 0.1) is 11.7 Å². The van der Waals surface area contributed by atoms with E-state index in [9.17, 15) is 4.79 Å². The van der Waals surface area contributed by atoms with Crippen molar-refractivity contribution >= 4 is 33.2 Å². The highest BCUT2D eigenvalue weighted by Gasteiger charge is 2.14.